The molecule has 7 nitrogen and oxygen atoms in total. The molecule has 1 atom stereocenters. The zero-order valence-electron chi connectivity index (χ0n) is 16.0. The van der Waals surface area contributed by atoms with E-state index in [-0.39, 0.29) is 17.7 Å². The van der Waals surface area contributed by atoms with Crippen LogP contribution < -0.4 is 10.1 Å². The minimum Gasteiger partial charge on any atom is -0.495 e. The molecule has 0 unspecified atom stereocenters. The van der Waals surface area contributed by atoms with Crippen LogP contribution in [0.15, 0.2) is 29.0 Å². The molecular weight excluding hydrogens is 382 g/mol. The predicted molar refractivity (Wildman–Crippen MR) is 106 cm³/mol. The molecule has 1 aromatic heterocycles. The van der Waals surface area contributed by atoms with Crippen molar-refractivity contribution in [2.24, 2.45) is 5.92 Å². The van der Waals surface area contributed by atoms with Crippen molar-refractivity contribution in [1.82, 2.24) is 9.88 Å². The van der Waals surface area contributed by atoms with Gasteiger partial charge < -0.3 is 19.4 Å². The van der Waals surface area contributed by atoms with E-state index >= 15 is 0 Å². The summed E-state index contributed by atoms with van der Waals surface area (Å²) >= 11 is 6.08. The molecule has 3 rings (SSSR count). The molecular formula is C20H24ClN3O4. The summed E-state index contributed by atoms with van der Waals surface area (Å²) in [6.07, 6.45) is 4.31. The molecule has 0 bridgehead atoms. The number of aryl methyl sites for hydroxylation is 1. The van der Waals surface area contributed by atoms with Gasteiger partial charge in [-0.3, -0.25) is 9.59 Å². The Balaban J connectivity index is 1.50. The summed E-state index contributed by atoms with van der Waals surface area (Å²) in [5.74, 6) is 0.947. The third-order valence-corrected chi connectivity index (χ3v) is 5.26. The van der Waals surface area contributed by atoms with Crippen molar-refractivity contribution in [3.8, 4) is 5.75 Å². The van der Waals surface area contributed by atoms with Crippen LogP contribution in [0.1, 0.15) is 41.9 Å². The van der Waals surface area contributed by atoms with Crippen LogP contribution in [0.5, 0.6) is 5.75 Å². The van der Waals surface area contributed by atoms with E-state index in [0.717, 1.165) is 19.3 Å². The highest BCUT2D eigenvalue weighted by molar-refractivity contribution is 6.32. The number of hydrogen-bond acceptors (Lipinski definition) is 5. The van der Waals surface area contributed by atoms with Gasteiger partial charge in [-0.05, 0) is 50.3 Å². The summed E-state index contributed by atoms with van der Waals surface area (Å²) in [7, 11) is 1.54. The number of nitrogens with one attached hydrogen (secondary N) is 1. The van der Waals surface area contributed by atoms with Gasteiger partial charge in [-0.15, -0.1) is 0 Å². The van der Waals surface area contributed by atoms with E-state index in [1.165, 1.54) is 6.39 Å². The Kier molecular flexibility index (Phi) is 6.57. The lowest BCUT2D eigenvalue weighted by Gasteiger charge is -2.32. The molecule has 0 spiro atoms. The Morgan fingerprint density at radius 1 is 1.43 bits per heavy atom. The minimum absolute atomic E-state index is 0.0734. The zero-order chi connectivity index (χ0) is 20.1. The molecule has 0 aliphatic carbocycles. The van der Waals surface area contributed by atoms with Crippen LogP contribution in [0, 0.1) is 12.8 Å². The lowest BCUT2D eigenvalue weighted by Crippen LogP contribution is -2.40. The van der Waals surface area contributed by atoms with Crippen molar-refractivity contribution >= 4 is 29.1 Å². The minimum atomic E-state index is -0.128. The molecule has 8 heteroatoms. The van der Waals surface area contributed by atoms with Crippen molar-refractivity contribution in [1.29, 1.82) is 0 Å². The van der Waals surface area contributed by atoms with Crippen LogP contribution in [0.3, 0.4) is 0 Å². The number of anilines is 1. The number of methoxy groups -OCH3 is 1. The van der Waals surface area contributed by atoms with Gasteiger partial charge in [0.1, 0.15) is 5.75 Å². The second kappa shape index (κ2) is 9.10. The number of likely N-dealkylation sites (tertiary alicyclic amines) is 1. The number of nitrogens with zero attached hydrogens (tertiary/aromatic N) is 2. The molecule has 1 aliphatic rings. The summed E-state index contributed by atoms with van der Waals surface area (Å²) in [6, 6.07) is 5.14. The third-order valence-electron chi connectivity index (χ3n) is 4.96. The molecule has 0 radical (unpaired) electrons. The van der Waals surface area contributed by atoms with Gasteiger partial charge in [0.25, 0.3) is 5.91 Å². The first kappa shape index (κ1) is 20.2. The highest BCUT2D eigenvalue weighted by Crippen LogP contribution is 2.28. The number of carbonyl (C=O) groups excluding carboxylic acids is 2. The van der Waals surface area contributed by atoms with Crippen LogP contribution in [0.4, 0.5) is 5.69 Å². The van der Waals surface area contributed by atoms with Crippen LogP contribution in [0.25, 0.3) is 0 Å². The van der Waals surface area contributed by atoms with Gasteiger partial charge >= 0.3 is 0 Å². The van der Waals surface area contributed by atoms with Crippen molar-refractivity contribution in [3.63, 3.8) is 0 Å². The first-order valence-electron chi connectivity index (χ1n) is 9.30. The molecule has 1 N–H and O–H groups in total. The van der Waals surface area contributed by atoms with Gasteiger partial charge in [-0.1, -0.05) is 11.6 Å². The van der Waals surface area contributed by atoms with Gasteiger partial charge in [0.05, 0.1) is 17.8 Å². The second-order valence-electron chi connectivity index (χ2n) is 6.96. The summed E-state index contributed by atoms with van der Waals surface area (Å²) in [6.45, 7) is 3.08. The fraction of sp³-hybridized carbons (Fsp3) is 0.450. The first-order chi connectivity index (χ1) is 13.5. The molecule has 2 aromatic rings. The molecule has 150 valence electrons. The third kappa shape index (κ3) is 4.84. The number of halogens is 1. The predicted octanol–water partition coefficient (Wildman–Crippen LogP) is 3.92. The van der Waals surface area contributed by atoms with Crippen LogP contribution in [0.2, 0.25) is 5.02 Å². The molecule has 28 heavy (non-hydrogen) atoms. The SMILES string of the molecule is COc1ccc(NC(=O)CC[C@@H]2CCCN(C(=O)c3ocnc3C)C2)cc1Cl. The number of benzene rings is 1. The quantitative estimate of drug-likeness (QED) is 0.787. The van der Waals surface area contributed by atoms with E-state index in [1.807, 2.05) is 0 Å². The fourth-order valence-electron chi connectivity index (χ4n) is 3.44. The Morgan fingerprint density at radius 3 is 2.93 bits per heavy atom. The maximum absolute atomic E-state index is 12.6. The summed E-state index contributed by atoms with van der Waals surface area (Å²) in [5, 5.41) is 3.30. The van der Waals surface area contributed by atoms with E-state index < -0.39 is 0 Å². The van der Waals surface area contributed by atoms with Crippen molar-refractivity contribution in [2.75, 3.05) is 25.5 Å². The number of aromatic nitrogens is 1. The molecule has 1 fully saturated rings. The van der Waals surface area contributed by atoms with Crippen molar-refractivity contribution in [2.45, 2.75) is 32.6 Å². The molecule has 1 aromatic carbocycles. The average molecular weight is 406 g/mol. The maximum atomic E-state index is 12.6. The Hall–Kier alpha value is -2.54. The lowest BCUT2D eigenvalue weighted by molar-refractivity contribution is -0.116. The maximum Gasteiger partial charge on any atom is 0.291 e. The van der Waals surface area contributed by atoms with E-state index in [0.29, 0.717) is 47.4 Å². The van der Waals surface area contributed by atoms with Gasteiger partial charge in [0.2, 0.25) is 11.7 Å². The summed E-state index contributed by atoms with van der Waals surface area (Å²) in [4.78, 5) is 30.6. The van der Waals surface area contributed by atoms with E-state index in [2.05, 4.69) is 10.3 Å². The van der Waals surface area contributed by atoms with Gasteiger partial charge in [-0.2, -0.15) is 0 Å². The van der Waals surface area contributed by atoms with Crippen LogP contribution >= 0.6 is 11.6 Å². The number of rotatable bonds is 6. The topological polar surface area (TPSA) is 84.7 Å². The highest BCUT2D eigenvalue weighted by atomic mass is 35.5. The van der Waals surface area contributed by atoms with E-state index in [4.69, 9.17) is 20.8 Å². The highest BCUT2D eigenvalue weighted by Gasteiger charge is 2.27. The van der Waals surface area contributed by atoms with Crippen molar-refractivity contribution < 1.29 is 18.7 Å². The Bertz CT molecular complexity index is 852. The van der Waals surface area contributed by atoms with E-state index in [9.17, 15) is 9.59 Å². The lowest BCUT2D eigenvalue weighted by atomic mass is 9.93. The molecule has 0 saturated carbocycles. The fourth-order valence-corrected chi connectivity index (χ4v) is 3.70. The van der Waals surface area contributed by atoms with E-state index in [1.54, 1.807) is 37.1 Å². The number of oxazole rings is 1. The Labute approximate surface area is 169 Å². The number of hydrogen-bond donors (Lipinski definition) is 1. The normalized spacial score (nSPS) is 16.7. The molecule has 1 saturated heterocycles. The number of carbonyl (C=O) groups is 2. The summed E-state index contributed by atoms with van der Waals surface area (Å²) < 4.78 is 10.3. The number of piperidine rings is 1. The van der Waals surface area contributed by atoms with Crippen LogP contribution in [-0.2, 0) is 4.79 Å². The zero-order valence-corrected chi connectivity index (χ0v) is 16.8. The van der Waals surface area contributed by atoms with Gasteiger partial charge in [0.15, 0.2) is 6.39 Å². The van der Waals surface area contributed by atoms with Gasteiger partial charge in [0, 0.05) is 25.2 Å². The number of amides is 2. The Morgan fingerprint density at radius 2 is 2.25 bits per heavy atom. The second-order valence-corrected chi connectivity index (χ2v) is 7.37. The smallest absolute Gasteiger partial charge is 0.291 e. The molecule has 2 heterocycles. The van der Waals surface area contributed by atoms with Gasteiger partial charge in [-0.25, -0.2) is 4.98 Å². The monoisotopic (exact) mass is 405 g/mol. The average Bonchev–Trinajstić information content (AvgIpc) is 3.12. The van der Waals surface area contributed by atoms with Crippen molar-refractivity contribution in [3.05, 3.63) is 41.1 Å². The largest absolute Gasteiger partial charge is 0.495 e. The van der Waals surface area contributed by atoms with Crippen LogP contribution in [-0.4, -0.2) is 41.9 Å². The first-order valence-corrected chi connectivity index (χ1v) is 9.68. The summed E-state index contributed by atoms with van der Waals surface area (Å²) in [5.41, 5.74) is 1.24. The standard InChI is InChI=1S/C20H24ClN3O4/c1-13-19(28-12-22-13)20(26)24-9-3-4-14(11-24)5-8-18(25)23-15-6-7-17(27-2)16(21)10-15/h6-7,10,12,14H,3-5,8-9,11H2,1-2H3,(H,23,25)/t14-/m0/s1. The number of ether oxygens (including phenoxy) is 1. The molecule has 2 amide bonds. The molecule has 1 aliphatic heterocycles.